The van der Waals surface area contributed by atoms with Gasteiger partial charge in [0.05, 0.1) is 0 Å². The molecule has 0 aromatic rings. The molecule has 0 unspecified atom stereocenters. The average Bonchev–Trinajstić information content (AvgIpc) is 2.40. The van der Waals surface area contributed by atoms with Crippen LogP contribution in [0.15, 0.2) is 0 Å². The van der Waals surface area contributed by atoms with Gasteiger partial charge in [-0.2, -0.15) is 0 Å². The molecule has 4 heteroatoms. The maximum Gasteiger partial charge on any atom is 0.248 e. The van der Waals surface area contributed by atoms with Crippen LogP contribution in [0, 0.1) is 0 Å². The Balaban J connectivity index is 2.13. The fourth-order valence-corrected chi connectivity index (χ4v) is 1.42. The summed E-state index contributed by atoms with van der Waals surface area (Å²) in [6, 6.07) is 0.359. The molecule has 0 aromatic carbocycles. The summed E-state index contributed by atoms with van der Waals surface area (Å²) in [6.45, 7) is -0.0312. The molecule has 0 saturated heterocycles. The molecule has 11 heavy (non-hydrogen) atoms. The van der Waals surface area contributed by atoms with E-state index in [1.165, 1.54) is 12.8 Å². The van der Waals surface area contributed by atoms with Crippen LogP contribution in [0.1, 0.15) is 25.7 Å². The second-order valence-corrected chi connectivity index (χ2v) is 2.86. The van der Waals surface area contributed by atoms with Crippen molar-refractivity contribution in [3.63, 3.8) is 0 Å². The molecule has 64 valence electrons. The molecule has 0 atom stereocenters. The Morgan fingerprint density at radius 1 is 1.55 bits per heavy atom. The van der Waals surface area contributed by atoms with E-state index < -0.39 is 0 Å². The standard InChI is InChI=1S/C7H14N2O2/c8-11-5-7(10)9-6-3-1-2-4-6/h6H,1-5,8H2,(H,9,10). The van der Waals surface area contributed by atoms with Gasteiger partial charge < -0.3 is 5.32 Å². The van der Waals surface area contributed by atoms with Gasteiger partial charge >= 0.3 is 0 Å². The van der Waals surface area contributed by atoms with E-state index in [2.05, 4.69) is 10.2 Å². The zero-order valence-corrected chi connectivity index (χ0v) is 6.51. The Hall–Kier alpha value is -0.610. The van der Waals surface area contributed by atoms with Crippen molar-refractivity contribution in [3.8, 4) is 0 Å². The molecule has 0 aliphatic heterocycles. The number of carbonyl (C=O) groups is 1. The van der Waals surface area contributed by atoms with Crippen molar-refractivity contribution in [2.45, 2.75) is 31.7 Å². The monoisotopic (exact) mass is 158 g/mol. The summed E-state index contributed by atoms with van der Waals surface area (Å²) in [5.41, 5.74) is 0. The topological polar surface area (TPSA) is 64.3 Å². The Labute approximate surface area is 66.0 Å². The predicted molar refractivity (Wildman–Crippen MR) is 40.5 cm³/mol. The lowest BCUT2D eigenvalue weighted by molar-refractivity contribution is -0.126. The Kier molecular flexibility index (Phi) is 3.32. The lowest BCUT2D eigenvalue weighted by atomic mass is 10.2. The van der Waals surface area contributed by atoms with Crippen molar-refractivity contribution in [1.82, 2.24) is 5.32 Å². The van der Waals surface area contributed by atoms with Gasteiger partial charge in [0, 0.05) is 6.04 Å². The van der Waals surface area contributed by atoms with Gasteiger partial charge in [0.25, 0.3) is 0 Å². The van der Waals surface area contributed by atoms with Crippen LogP contribution in [0.4, 0.5) is 0 Å². The highest BCUT2D eigenvalue weighted by molar-refractivity contribution is 5.77. The van der Waals surface area contributed by atoms with Crippen LogP contribution in [0.3, 0.4) is 0 Å². The van der Waals surface area contributed by atoms with Crippen LogP contribution in [0.25, 0.3) is 0 Å². The minimum atomic E-state index is -0.112. The van der Waals surface area contributed by atoms with Crippen molar-refractivity contribution in [2.75, 3.05) is 6.61 Å². The van der Waals surface area contributed by atoms with Gasteiger partial charge in [0.1, 0.15) is 6.61 Å². The van der Waals surface area contributed by atoms with Gasteiger partial charge in [-0.1, -0.05) is 12.8 Å². The Bertz CT molecular complexity index is 132. The van der Waals surface area contributed by atoms with Crippen LogP contribution in [0.2, 0.25) is 0 Å². The molecular weight excluding hydrogens is 144 g/mol. The summed E-state index contributed by atoms with van der Waals surface area (Å²) in [7, 11) is 0. The van der Waals surface area contributed by atoms with E-state index >= 15 is 0 Å². The number of carbonyl (C=O) groups excluding carboxylic acids is 1. The lowest BCUT2D eigenvalue weighted by Crippen LogP contribution is -2.35. The lowest BCUT2D eigenvalue weighted by Gasteiger charge is -2.10. The number of nitrogens with one attached hydrogen (secondary N) is 1. The van der Waals surface area contributed by atoms with E-state index in [1.807, 2.05) is 0 Å². The maximum absolute atomic E-state index is 10.9. The number of rotatable bonds is 3. The van der Waals surface area contributed by atoms with Crippen LogP contribution in [-0.4, -0.2) is 18.6 Å². The normalized spacial score (nSPS) is 18.6. The van der Waals surface area contributed by atoms with Gasteiger partial charge in [0.15, 0.2) is 0 Å². The first-order valence-corrected chi connectivity index (χ1v) is 3.94. The van der Waals surface area contributed by atoms with Crippen LogP contribution >= 0.6 is 0 Å². The molecule has 1 aliphatic carbocycles. The number of amides is 1. The third kappa shape index (κ3) is 2.86. The van der Waals surface area contributed by atoms with Crippen molar-refractivity contribution >= 4 is 5.91 Å². The van der Waals surface area contributed by atoms with Crippen molar-refractivity contribution in [3.05, 3.63) is 0 Å². The van der Waals surface area contributed by atoms with E-state index in [0.717, 1.165) is 12.8 Å². The average molecular weight is 158 g/mol. The molecule has 0 aromatic heterocycles. The van der Waals surface area contributed by atoms with Gasteiger partial charge in [-0.25, -0.2) is 5.90 Å². The highest BCUT2D eigenvalue weighted by atomic mass is 16.6. The molecule has 1 rings (SSSR count). The van der Waals surface area contributed by atoms with E-state index in [-0.39, 0.29) is 12.5 Å². The fraction of sp³-hybridized carbons (Fsp3) is 0.857. The molecule has 0 bridgehead atoms. The molecule has 0 heterocycles. The van der Waals surface area contributed by atoms with E-state index in [9.17, 15) is 4.79 Å². The third-order valence-electron chi connectivity index (χ3n) is 1.93. The summed E-state index contributed by atoms with van der Waals surface area (Å²) in [6.07, 6.45) is 4.62. The van der Waals surface area contributed by atoms with Gasteiger partial charge in [-0.3, -0.25) is 9.63 Å². The Morgan fingerprint density at radius 2 is 2.18 bits per heavy atom. The summed E-state index contributed by atoms with van der Waals surface area (Å²) in [5, 5.41) is 2.84. The first-order chi connectivity index (χ1) is 5.33. The smallest absolute Gasteiger partial charge is 0.248 e. The van der Waals surface area contributed by atoms with Crippen molar-refractivity contribution < 1.29 is 9.63 Å². The maximum atomic E-state index is 10.9. The molecular formula is C7H14N2O2. The summed E-state index contributed by atoms with van der Waals surface area (Å²) < 4.78 is 0. The quantitative estimate of drug-likeness (QED) is 0.565. The van der Waals surface area contributed by atoms with Crippen LogP contribution in [-0.2, 0) is 9.63 Å². The van der Waals surface area contributed by atoms with E-state index in [1.54, 1.807) is 0 Å². The highest BCUT2D eigenvalue weighted by Gasteiger charge is 2.16. The zero-order valence-electron chi connectivity index (χ0n) is 6.51. The van der Waals surface area contributed by atoms with E-state index in [0.29, 0.717) is 6.04 Å². The number of nitrogens with two attached hydrogens (primary N) is 1. The van der Waals surface area contributed by atoms with E-state index in [4.69, 9.17) is 5.90 Å². The second-order valence-electron chi connectivity index (χ2n) is 2.86. The summed E-state index contributed by atoms with van der Waals surface area (Å²) in [4.78, 5) is 15.1. The van der Waals surface area contributed by atoms with Crippen LogP contribution < -0.4 is 11.2 Å². The number of hydrogen-bond donors (Lipinski definition) is 2. The fourth-order valence-electron chi connectivity index (χ4n) is 1.42. The first kappa shape index (κ1) is 8.49. The van der Waals surface area contributed by atoms with Gasteiger partial charge in [0.2, 0.25) is 5.91 Å². The molecule has 4 nitrogen and oxygen atoms in total. The molecule has 0 radical (unpaired) electrons. The third-order valence-corrected chi connectivity index (χ3v) is 1.93. The van der Waals surface area contributed by atoms with Gasteiger partial charge in [-0.15, -0.1) is 0 Å². The second kappa shape index (κ2) is 4.31. The molecule has 1 saturated carbocycles. The molecule has 1 aliphatic rings. The van der Waals surface area contributed by atoms with Gasteiger partial charge in [-0.05, 0) is 12.8 Å². The predicted octanol–water partition coefficient (Wildman–Crippen LogP) is -0.0645. The SMILES string of the molecule is NOCC(=O)NC1CCCC1. The largest absolute Gasteiger partial charge is 0.351 e. The molecule has 3 N–H and O–H groups in total. The minimum Gasteiger partial charge on any atom is -0.351 e. The highest BCUT2D eigenvalue weighted by Crippen LogP contribution is 2.17. The molecule has 1 amide bonds. The molecule has 0 spiro atoms. The first-order valence-electron chi connectivity index (χ1n) is 3.94. The number of hydrogen-bond acceptors (Lipinski definition) is 3. The van der Waals surface area contributed by atoms with Crippen molar-refractivity contribution in [1.29, 1.82) is 0 Å². The summed E-state index contributed by atoms with van der Waals surface area (Å²) >= 11 is 0. The van der Waals surface area contributed by atoms with Crippen molar-refractivity contribution in [2.24, 2.45) is 5.90 Å². The molecule has 1 fully saturated rings. The minimum absolute atomic E-state index is 0.0312. The van der Waals surface area contributed by atoms with Crippen LogP contribution in [0.5, 0.6) is 0 Å². The Morgan fingerprint density at radius 3 is 2.73 bits per heavy atom. The zero-order chi connectivity index (χ0) is 8.10. The summed E-state index contributed by atoms with van der Waals surface area (Å²) in [5.74, 6) is 4.63.